The molecule has 0 bridgehead atoms. The van der Waals surface area contributed by atoms with Crippen LogP contribution in [0.15, 0.2) is 0 Å². The first kappa shape index (κ1) is 15.0. The van der Waals surface area contributed by atoms with Crippen LogP contribution in [0.1, 0.15) is 59.3 Å². The first-order valence-corrected chi connectivity index (χ1v) is 7.69. The molecule has 1 fully saturated rings. The number of likely N-dealkylation sites (tertiary alicyclic amines) is 1. The van der Waals surface area contributed by atoms with E-state index in [1.165, 1.54) is 71.2 Å². The Labute approximate surface area is 108 Å². The Balaban J connectivity index is 2.10. The van der Waals surface area contributed by atoms with E-state index in [9.17, 15) is 0 Å². The van der Waals surface area contributed by atoms with E-state index in [1.807, 2.05) is 0 Å². The van der Waals surface area contributed by atoms with Gasteiger partial charge in [0.25, 0.3) is 0 Å². The Hall–Kier alpha value is -0.0800. The second-order valence-electron chi connectivity index (χ2n) is 5.65. The van der Waals surface area contributed by atoms with Gasteiger partial charge in [-0.25, -0.2) is 0 Å². The van der Waals surface area contributed by atoms with Crippen LogP contribution in [0.3, 0.4) is 0 Å². The molecule has 0 unspecified atom stereocenters. The van der Waals surface area contributed by atoms with Crippen LogP contribution in [-0.4, -0.2) is 37.6 Å². The van der Waals surface area contributed by atoms with Crippen molar-refractivity contribution in [2.45, 2.75) is 59.3 Å². The summed E-state index contributed by atoms with van der Waals surface area (Å²) in [5.41, 5.74) is 0.673. The summed E-state index contributed by atoms with van der Waals surface area (Å²) in [5.74, 6) is 0. The van der Waals surface area contributed by atoms with E-state index in [0.717, 1.165) is 0 Å². The van der Waals surface area contributed by atoms with Crippen LogP contribution in [-0.2, 0) is 0 Å². The zero-order valence-corrected chi connectivity index (χ0v) is 12.2. The van der Waals surface area contributed by atoms with Crippen LogP contribution >= 0.6 is 0 Å². The highest BCUT2D eigenvalue weighted by molar-refractivity contribution is 4.84. The van der Waals surface area contributed by atoms with Crippen molar-refractivity contribution in [1.82, 2.24) is 10.2 Å². The van der Waals surface area contributed by atoms with E-state index in [2.05, 4.69) is 31.0 Å². The maximum Gasteiger partial charge on any atom is 0.0107 e. The second-order valence-corrected chi connectivity index (χ2v) is 5.65. The Kier molecular flexibility index (Phi) is 7.14. The Morgan fingerprint density at radius 3 is 2.18 bits per heavy atom. The molecule has 0 spiro atoms. The van der Waals surface area contributed by atoms with Crippen molar-refractivity contribution in [3.8, 4) is 0 Å². The molecule has 0 amide bonds. The SMILES string of the molecule is CCCCNCCN1CCC(CC)(CC)CC1. The van der Waals surface area contributed by atoms with E-state index in [-0.39, 0.29) is 0 Å². The van der Waals surface area contributed by atoms with Crippen molar-refractivity contribution in [3.05, 3.63) is 0 Å². The number of rotatable bonds is 8. The first-order valence-electron chi connectivity index (χ1n) is 7.69. The number of hydrogen-bond acceptors (Lipinski definition) is 2. The summed E-state index contributed by atoms with van der Waals surface area (Å²) in [7, 11) is 0. The lowest BCUT2D eigenvalue weighted by molar-refractivity contribution is 0.0961. The van der Waals surface area contributed by atoms with Gasteiger partial charge in [-0.1, -0.05) is 40.0 Å². The number of nitrogens with zero attached hydrogens (tertiary/aromatic N) is 1. The summed E-state index contributed by atoms with van der Waals surface area (Å²) in [6, 6.07) is 0. The molecule has 1 rings (SSSR count). The summed E-state index contributed by atoms with van der Waals surface area (Å²) in [6.07, 6.45) is 8.17. The quantitative estimate of drug-likeness (QED) is 0.655. The van der Waals surface area contributed by atoms with Crippen molar-refractivity contribution >= 4 is 0 Å². The normalized spacial score (nSPS) is 20.6. The fourth-order valence-corrected chi connectivity index (χ4v) is 2.87. The molecular weight excluding hydrogens is 208 g/mol. The first-order chi connectivity index (χ1) is 8.26. The van der Waals surface area contributed by atoms with E-state index in [1.54, 1.807) is 0 Å². The summed E-state index contributed by atoms with van der Waals surface area (Å²) in [4.78, 5) is 2.64. The van der Waals surface area contributed by atoms with E-state index >= 15 is 0 Å². The predicted molar refractivity (Wildman–Crippen MR) is 76.5 cm³/mol. The third-order valence-electron chi connectivity index (χ3n) is 4.73. The van der Waals surface area contributed by atoms with Crippen LogP contribution < -0.4 is 5.32 Å². The molecule has 0 aliphatic carbocycles. The number of unbranched alkanes of at least 4 members (excludes halogenated alkanes) is 1. The van der Waals surface area contributed by atoms with Crippen LogP contribution in [0.5, 0.6) is 0 Å². The summed E-state index contributed by atoms with van der Waals surface area (Å²) >= 11 is 0. The lowest BCUT2D eigenvalue weighted by Crippen LogP contribution is -2.42. The van der Waals surface area contributed by atoms with Crippen LogP contribution in [0.25, 0.3) is 0 Å². The molecule has 1 aliphatic heterocycles. The smallest absolute Gasteiger partial charge is 0.0107 e. The molecule has 0 saturated carbocycles. The van der Waals surface area contributed by atoms with Gasteiger partial charge in [0.05, 0.1) is 0 Å². The van der Waals surface area contributed by atoms with Crippen molar-refractivity contribution in [2.75, 3.05) is 32.7 Å². The Morgan fingerprint density at radius 2 is 1.65 bits per heavy atom. The molecule has 0 atom stereocenters. The van der Waals surface area contributed by atoms with Gasteiger partial charge < -0.3 is 10.2 Å². The minimum Gasteiger partial charge on any atom is -0.315 e. The largest absolute Gasteiger partial charge is 0.315 e. The molecule has 17 heavy (non-hydrogen) atoms. The van der Waals surface area contributed by atoms with Crippen LogP contribution in [0, 0.1) is 5.41 Å². The predicted octanol–water partition coefficient (Wildman–Crippen LogP) is 3.28. The molecule has 2 nitrogen and oxygen atoms in total. The van der Waals surface area contributed by atoms with Gasteiger partial charge in [-0.2, -0.15) is 0 Å². The Bertz CT molecular complexity index is 177. The standard InChI is InChI=1S/C15H32N2/c1-4-7-10-16-11-14-17-12-8-15(5-2,6-3)9-13-17/h16H,4-14H2,1-3H3. The van der Waals surface area contributed by atoms with Gasteiger partial charge in [-0.3, -0.25) is 0 Å². The van der Waals surface area contributed by atoms with Crippen molar-refractivity contribution in [2.24, 2.45) is 5.41 Å². The molecule has 1 saturated heterocycles. The summed E-state index contributed by atoms with van der Waals surface area (Å²) < 4.78 is 0. The highest BCUT2D eigenvalue weighted by atomic mass is 15.1. The topological polar surface area (TPSA) is 15.3 Å². The zero-order chi connectivity index (χ0) is 12.6. The monoisotopic (exact) mass is 240 g/mol. The second kappa shape index (κ2) is 8.10. The molecular formula is C15H32N2. The molecule has 1 aliphatic rings. The lowest BCUT2D eigenvalue weighted by atomic mass is 9.74. The minimum atomic E-state index is 0.673. The van der Waals surface area contributed by atoms with Crippen molar-refractivity contribution in [3.63, 3.8) is 0 Å². The highest BCUT2D eigenvalue weighted by Crippen LogP contribution is 2.37. The minimum absolute atomic E-state index is 0.673. The van der Waals surface area contributed by atoms with E-state index in [0.29, 0.717) is 5.41 Å². The van der Waals surface area contributed by atoms with Gasteiger partial charge in [-0.05, 0) is 44.3 Å². The van der Waals surface area contributed by atoms with Gasteiger partial charge in [0.2, 0.25) is 0 Å². The Morgan fingerprint density at radius 1 is 1.00 bits per heavy atom. The third kappa shape index (κ3) is 4.97. The number of piperidine rings is 1. The average molecular weight is 240 g/mol. The summed E-state index contributed by atoms with van der Waals surface area (Å²) in [6.45, 7) is 13.2. The molecule has 102 valence electrons. The molecule has 0 radical (unpaired) electrons. The molecule has 2 heteroatoms. The van der Waals surface area contributed by atoms with Crippen molar-refractivity contribution in [1.29, 1.82) is 0 Å². The van der Waals surface area contributed by atoms with Gasteiger partial charge in [0, 0.05) is 13.1 Å². The lowest BCUT2D eigenvalue weighted by Gasteiger charge is -2.41. The van der Waals surface area contributed by atoms with Gasteiger partial charge in [0.1, 0.15) is 0 Å². The highest BCUT2D eigenvalue weighted by Gasteiger charge is 2.30. The maximum absolute atomic E-state index is 3.54. The van der Waals surface area contributed by atoms with E-state index in [4.69, 9.17) is 0 Å². The third-order valence-corrected chi connectivity index (χ3v) is 4.73. The molecule has 0 aromatic carbocycles. The maximum atomic E-state index is 3.54. The number of hydrogen-bond donors (Lipinski definition) is 1. The van der Waals surface area contributed by atoms with Gasteiger partial charge >= 0.3 is 0 Å². The van der Waals surface area contributed by atoms with Gasteiger partial charge in [0.15, 0.2) is 0 Å². The zero-order valence-electron chi connectivity index (χ0n) is 12.2. The fraction of sp³-hybridized carbons (Fsp3) is 1.00. The van der Waals surface area contributed by atoms with E-state index < -0.39 is 0 Å². The molecule has 0 aromatic heterocycles. The summed E-state index contributed by atoms with van der Waals surface area (Å²) in [5, 5.41) is 3.54. The molecule has 1 N–H and O–H groups in total. The molecule has 0 aromatic rings. The van der Waals surface area contributed by atoms with Gasteiger partial charge in [-0.15, -0.1) is 0 Å². The van der Waals surface area contributed by atoms with Crippen LogP contribution in [0.2, 0.25) is 0 Å². The average Bonchev–Trinajstić information content (AvgIpc) is 2.39. The van der Waals surface area contributed by atoms with Crippen molar-refractivity contribution < 1.29 is 0 Å². The number of nitrogens with one attached hydrogen (secondary N) is 1. The molecule has 1 heterocycles. The van der Waals surface area contributed by atoms with Crippen LogP contribution in [0.4, 0.5) is 0 Å². The fourth-order valence-electron chi connectivity index (χ4n) is 2.87.